The van der Waals surface area contributed by atoms with E-state index in [9.17, 15) is 4.79 Å². The van der Waals surface area contributed by atoms with Gasteiger partial charge < -0.3 is 15.4 Å². The molecule has 0 fully saturated rings. The Bertz CT molecular complexity index is 477. The molecule has 0 saturated heterocycles. The molecule has 0 aromatic heterocycles. The molecule has 0 heterocycles. The van der Waals surface area contributed by atoms with Crippen molar-refractivity contribution in [3.05, 3.63) is 35.4 Å². The highest BCUT2D eigenvalue weighted by molar-refractivity contribution is 5.67. The van der Waals surface area contributed by atoms with E-state index in [4.69, 9.17) is 4.74 Å². The van der Waals surface area contributed by atoms with Gasteiger partial charge in [-0.2, -0.15) is 0 Å². The number of alkyl carbamates (subject to hydrolysis) is 1. The maximum Gasteiger partial charge on any atom is 0.407 e. The van der Waals surface area contributed by atoms with Gasteiger partial charge in [0, 0.05) is 13.1 Å². The monoisotopic (exact) mass is 320 g/mol. The van der Waals surface area contributed by atoms with Crippen molar-refractivity contribution in [1.29, 1.82) is 0 Å². The van der Waals surface area contributed by atoms with Crippen molar-refractivity contribution in [1.82, 2.24) is 10.6 Å². The van der Waals surface area contributed by atoms with Crippen LogP contribution in [0.4, 0.5) is 4.79 Å². The molecule has 0 aliphatic carbocycles. The first-order valence-electron chi connectivity index (χ1n) is 8.60. The second-order valence-electron chi connectivity index (χ2n) is 6.94. The van der Waals surface area contributed by atoms with E-state index in [2.05, 4.69) is 30.5 Å². The molecule has 0 atom stereocenters. The van der Waals surface area contributed by atoms with Gasteiger partial charge in [0.05, 0.1) is 0 Å². The molecule has 1 rings (SSSR count). The lowest BCUT2D eigenvalue weighted by molar-refractivity contribution is 0.0523. The Morgan fingerprint density at radius 1 is 1.09 bits per heavy atom. The van der Waals surface area contributed by atoms with Crippen molar-refractivity contribution in [3.8, 4) is 0 Å². The highest BCUT2D eigenvalue weighted by Crippen LogP contribution is 2.11. The van der Waals surface area contributed by atoms with Crippen LogP contribution in [0.1, 0.15) is 58.6 Å². The average Bonchev–Trinajstić information content (AvgIpc) is 2.49. The predicted molar refractivity (Wildman–Crippen MR) is 95.3 cm³/mol. The molecule has 0 spiro atoms. The minimum atomic E-state index is -0.472. The van der Waals surface area contributed by atoms with Crippen molar-refractivity contribution in [3.63, 3.8) is 0 Å². The Kier molecular flexibility index (Phi) is 8.10. The lowest BCUT2D eigenvalue weighted by Crippen LogP contribution is -2.32. The number of carbonyl (C=O) groups excluding carboxylic acids is 1. The zero-order chi connectivity index (χ0) is 17.3. The van der Waals surface area contributed by atoms with E-state index in [0.29, 0.717) is 6.54 Å². The van der Waals surface area contributed by atoms with Crippen molar-refractivity contribution in [2.45, 2.75) is 66.2 Å². The number of rotatable bonds is 8. The summed E-state index contributed by atoms with van der Waals surface area (Å²) in [6.45, 7) is 12.4. The van der Waals surface area contributed by atoms with Gasteiger partial charge in [-0.15, -0.1) is 0 Å². The van der Waals surface area contributed by atoms with Crippen LogP contribution in [-0.4, -0.2) is 18.2 Å². The minimum absolute atomic E-state index is 0.378. The molecule has 2 N–H and O–H groups in total. The second-order valence-corrected chi connectivity index (χ2v) is 6.94. The fraction of sp³-hybridized carbons (Fsp3) is 0.632. The average molecular weight is 320 g/mol. The molecule has 0 unspecified atom stereocenters. The molecule has 4 nitrogen and oxygen atoms in total. The van der Waals surface area contributed by atoms with Gasteiger partial charge >= 0.3 is 6.09 Å². The van der Waals surface area contributed by atoms with E-state index in [-0.39, 0.29) is 6.09 Å². The molecular formula is C19H32N2O2. The van der Waals surface area contributed by atoms with Crippen molar-refractivity contribution >= 4 is 6.09 Å². The Morgan fingerprint density at radius 2 is 1.65 bits per heavy atom. The number of carbonyl (C=O) groups is 1. The highest BCUT2D eigenvalue weighted by atomic mass is 16.6. The van der Waals surface area contributed by atoms with Crippen LogP contribution in [-0.2, 0) is 17.8 Å². The molecule has 1 aromatic carbocycles. The molecule has 1 aromatic rings. The summed E-state index contributed by atoms with van der Waals surface area (Å²) in [6.07, 6.45) is 2.02. The number of nitrogens with one attached hydrogen (secondary N) is 2. The van der Waals surface area contributed by atoms with Crippen LogP contribution in [0.25, 0.3) is 0 Å². The molecule has 0 saturated carbocycles. The topological polar surface area (TPSA) is 50.4 Å². The summed E-state index contributed by atoms with van der Waals surface area (Å²) in [5.74, 6) is 0.724. The number of ether oxygens (including phenoxy) is 1. The van der Waals surface area contributed by atoms with Gasteiger partial charge in [0.15, 0.2) is 0 Å². The largest absolute Gasteiger partial charge is 0.444 e. The SMILES string of the molecule is CCC(CC)CNCc1ccccc1CNC(=O)OC(C)(C)C. The molecular weight excluding hydrogens is 288 g/mol. The molecule has 130 valence electrons. The van der Waals surface area contributed by atoms with E-state index < -0.39 is 5.60 Å². The first kappa shape index (κ1) is 19.5. The third-order valence-electron chi connectivity index (χ3n) is 3.84. The second kappa shape index (κ2) is 9.56. The van der Waals surface area contributed by atoms with Crippen LogP contribution in [0, 0.1) is 5.92 Å². The normalized spacial score (nSPS) is 11.6. The van der Waals surface area contributed by atoms with Crippen LogP contribution >= 0.6 is 0 Å². The van der Waals surface area contributed by atoms with Gasteiger partial charge in [0.25, 0.3) is 0 Å². The van der Waals surface area contributed by atoms with Crippen LogP contribution in [0.15, 0.2) is 24.3 Å². The van der Waals surface area contributed by atoms with Crippen LogP contribution < -0.4 is 10.6 Å². The van der Waals surface area contributed by atoms with Gasteiger partial charge in [0.2, 0.25) is 0 Å². The molecule has 0 aliphatic heterocycles. The third kappa shape index (κ3) is 8.03. The van der Waals surface area contributed by atoms with Crippen LogP contribution in [0.5, 0.6) is 0 Å². The van der Waals surface area contributed by atoms with Gasteiger partial charge in [0.1, 0.15) is 5.60 Å². The van der Waals surface area contributed by atoms with Crippen LogP contribution in [0.3, 0.4) is 0 Å². The maximum absolute atomic E-state index is 11.8. The summed E-state index contributed by atoms with van der Waals surface area (Å²) in [7, 11) is 0. The van der Waals surface area contributed by atoms with E-state index >= 15 is 0 Å². The Hall–Kier alpha value is -1.55. The van der Waals surface area contributed by atoms with Gasteiger partial charge in [-0.3, -0.25) is 0 Å². The molecule has 0 radical (unpaired) electrons. The third-order valence-corrected chi connectivity index (χ3v) is 3.84. The first-order valence-corrected chi connectivity index (χ1v) is 8.60. The van der Waals surface area contributed by atoms with Crippen molar-refractivity contribution < 1.29 is 9.53 Å². The summed E-state index contributed by atoms with van der Waals surface area (Å²) in [5, 5.41) is 6.35. The minimum Gasteiger partial charge on any atom is -0.444 e. The number of benzene rings is 1. The summed E-state index contributed by atoms with van der Waals surface area (Å²) in [4.78, 5) is 11.8. The molecule has 0 bridgehead atoms. The zero-order valence-electron chi connectivity index (χ0n) is 15.2. The fourth-order valence-corrected chi connectivity index (χ4v) is 2.37. The predicted octanol–water partition coefficient (Wildman–Crippen LogP) is 4.24. The number of amides is 1. The van der Waals surface area contributed by atoms with Crippen LogP contribution in [0.2, 0.25) is 0 Å². The lowest BCUT2D eigenvalue weighted by atomic mass is 10.0. The van der Waals surface area contributed by atoms with Gasteiger partial charge in [-0.25, -0.2) is 4.79 Å². The Morgan fingerprint density at radius 3 is 2.17 bits per heavy atom. The van der Waals surface area contributed by atoms with E-state index in [0.717, 1.165) is 24.6 Å². The van der Waals surface area contributed by atoms with Gasteiger partial charge in [-0.05, 0) is 44.4 Å². The van der Waals surface area contributed by atoms with Crippen molar-refractivity contribution in [2.75, 3.05) is 6.54 Å². The summed E-state index contributed by atoms with van der Waals surface area (Å²) in [6, 6.07) is 8.18. The Labute approximate surface area is 141 Å². The fourth-order valence-electron chi connectivity index (χ4n) is 2.37. The first-order chi connectivity index (χ1) is 10.9. The summed E-state index contributed by atoms with van der Waals surface area (Å²) < 4.78 is 5.28. The van der Waals surface area contributed by atoms with E-state index in [1.807, 2.05) is 39.0 Å². The molecule has 1 amide bonds. The lowest BCUT2D eigenvalue weighted by Gasteiger charge is -2.20. The number of hydrogen-bond acceptors (Lipinski definition) is 3. The summed E-state index contributed by atoms with van der Waals surface area (Å²) >= 11 is 0. The summed E-state index contributed by atoms with van der Waals surface area (Å²) in [5.41, 5.74) is 1.87. The molecule has 4 heteroatoms. The van der Waals surface area contributed by atoms with E-state index in [1.165, 1.54) is 18.4 Å². The standard InChI is InChI=1S/C19H32N2O2/c1-6-15(7-2)12-20-13-16-10-8-9-11-17(16)14-21-18(22)23-19(3,4)5/h8-11,15,20H,6-7,12-14H2,1-5H3,(H,21,22). The van der Waals surface area contributed by atoms with E-state index in [1.54, 1.807) is 0 Å². The molecule has 0 aliphatic rings. The van der Waals surface area contributed by atoms with Crippen molar-refractivity contribution in [2.24, 2.45) is 5.92 Å². The smallest absolute Gasteiger partial charge is 0.407 e. The Balaban J connectivity index is 2.52. The zero-order valence-corrected chi connectivity index (χ0v) is 15.2. The quantitative estimate of drug-likeness (QED) is 0.753. The highest BCUT2D eigenvalue weighted by Gasteiger charge is 2.16. The number of hydrogen-bond donors (Lipinski definition) is 2. The maximum atomic E-state index is 11.8. The van der Waals surface area contributed by atoms with Gasteiger partial charge in [-0.1, -0.05) is 51.0 Å². The molecule has 23 heavy (non-hydrogen) atoms.